The van der Waals surface area contributed by atoms with Crippen LogP contribution in [0.4, 0.5) is 0 Å². The average molecular weight is 179 g/mol. The second-order valence-electron chi connectivity index (χ2n) is 3.01. The van der Waals surface area contributed by atoms with Crippen molar-refractivity contribution in [1.82, 2.24) is 5.32 Å². The van der Waals surface area contributed by atoms with Crippen molar-refractivity contribution in [3.05, 3.63) is 36.1 Å². The highest BCUT2D eigenvalue weighted by atomic mass is 14.9. The second-order valence-corrected chi connectivity index (χ2v) is 3.01. The van der Waals surface area contributed by atoms with Crippen molar-refractivity contribution in [3.63, 3.8) is 0 Å². The Labute approximate surface area is 82.2 Å². The van der Waals surface area contributed by atoms with Gasteiger partial charge >= 0.3 is 0 Å². The van der Waals surface area contributed by atoms with Gasteiger partial charge in [0, 0.05) is 12.2 Å². The van der Waals surface area contributed by atoms with E-state index in [0.717, 1.165) is 6.54 Å². The van der Waals surface area contributed by atoms with Crippen LogP contribution < -0.4 is 5.32 Å². The van der Waals surface area contributed by atoms with E-state index >= 15 is 0 Å². The summed E-state index contributed by atoms with van der Waals surface area (Å²) in [5, 5.41) is 3.34. The lowest BCUT2D eigenvalue weighted by molar-refractivity contribution is 0.668. The van der Waals surface area contributed by atoms with Crippen molar-refractivity contribution >= 4 is 0 Å². The predicted octanol–water partition coefficient (Wildman–Crippen LogP) is 3.27. The van der Waals surface area contributed by atoms with E-state index in [4.69, 9.17) is 0 Å². The summed E-state index contributed by atoms with van der Waals surface area (Å²) in [5.41, 5.74) is 2.54. The van der Waals surface area contributed by atoms with Gasteiger partial charge in [0.25, 0.3) is 0 Å². The molecule has 1 heteroatoms. The van der Waals surface area contributed by atoms with Gasteiger partial charge in [0.1, 0.15) is 0 Å². The zero-order chi connectivity index (χ0) is 10.3. The smallest absolute Gasteiger partial charge is 0.0331 e. The molecule has 13 heavy (non-hydrogen) atoms. The largest absolute Gasteiger partial charge is 0.384 e. The first-order chi connectivity index (χ1) is 6.25. The van der Waals surface area contributed by atoms with Crippen LogP contribution in [-0.2, 0) is 0 Å². The Hall–Kier alpha value is -0.980. The Balaban J connectivity index is 0.000000671. The normalized spacial score (nSPS) is 14.8. The SMILES string of the molecule is C=CC1=C(C(C)C)NCC=C1.CC. The molecule has 1 aliphatic heterocycles. The minimum absolute atomic E-state index is 0.563. The van der Waals surface area contributed by atoms with Crippen molar-refractivity contribution in [1.29, 1.82) is 0 Å². The Bertz CT molecular complexity index is 209. The van der Waals surface area contributed by atoms with Crippen LogP contribution in [0, 0.1) is 5.92 Å². The summed E-state index contributed by atoms with van der Waals surface area (Å²) in [4.78, 5) is 0. The van der Waals surface area contributed by atoms with Crippen molar-refractivity contribution < 1.29 is 0 Å². The zero-order valence-corrected chi connectivity index (χ0v) is 9.22. The average Bonchev–Trinajstić information content (AvgIpc) is 2.20. The lowest BCUT2D eigenvalue weighted by Crippen LogP contribution is -2.21. The van der Waals surface area contributed by atoms with Crippen molar-refractivity contribution in [3.8, 4) is 0 Å². The third-order valence-electron chi connectivity index (χ3n) is 1.82. The second kappa shape index (κ2) is 6.53. The summed E-state index contributed by atoms with van der Waals surface area (Å²) in [6.45, 7) is 13.1. The molecule has 1 nitrogen and oxygen atoms in total. The van der Waals surface area contributed by atoms with Crippen LogP contribution in [0.1, 0.15) is 27.7 Å². The monoisotopic (exact) mass is 179 g/mol. The van der Waals surface area contributed by atoms with Gasteiger partial charge in [0.2, 0.25) is 0 Å². The molecule has 0 amide bonds. The van der Waals surface area contributed by atoms with E-state index in [1.807, 2.05) is 19.9 Å². The standard InChI is InChI=1S/C10H15N.C2H6/c1-4-9-6-5-7-11-10(9)8(2)3;1-2/h4-6,8,11H,1,7H2,2-3H3;1-2H3. The van der Waals surface area contributed by atoms with Gasteiger partial charge in [-0.3, -0.25) is 0 Å². The van der Waals surface area contributed by atoms with Crippen LogP contribution in [0.15, 0.2) is 36.1 Å². The maximum absolute atomic E-state index is 3.77. The summed E-state index contributed by atoms with van der Waals surface area (Å²) in [5.74, 6) is 0.563. The van der Waals surface area contributed by atoms with Crippen LogP contribution in [0.5, 0.6) is 0 Å². The van der Waals surface area contributed by atoms with Gasteiger partial charge < -0.3 is 5.32 Å². The number of hydrogen-bond donors (Lipinski definition) is 1. The van der Waals surface area contributed by atoms with Gasteiger partial charge in [-0.25, -0.2) is 0 Å². The number of nitrogens with one attached hydrogen (secondary N) is 1. The van der Waals surface area contributed by atoms with Crippen LogP contribution >= 0.6 is 0 Å². The van der Waals surface area contributed by atoms with E-state index in [2.05, 4.69) is 37.9 Å². The predicted molar refractivity (Wildman–Crippen MR) is 60.6 cm³/mol. The van der Waals surface area contributed by atoms with Gasteiger partial charge in [-0.2, -0.15) is 0 Å². The lowest BCUT2D eigenvalue weighted by atomic mass is 10.0. The van der Waals surface area contributed by atoms with Gasteiger partial charge in [-0.15, -0.1) is 0 Å². The minimum atomic E-state index is 0.563. The number of hydrogen-bond acceptors (Lipinski definition) is 1. The fourth-order valence-corrected chi connectivity index (χ4v) is 1.26. The topological polar surface area (TPSA) is 12.0 Å². The molecule has 0 saturated carbocycles. The maximum Gasteiger partial charge on any atom is 0.0331 e. The molecule has 0 aromatic heterocycles. The summed E-state index contributed by atoms with van der Waals surface area (Å²) in [6.07, 6.45) is 6.14. The third-order valence-corrected chi connectivity index (χ3v) is 1.82. The summed E-state index contributed by atoms with van der Waals surface area (Å²) < 4.78 is 0. The van der Waals surface area contributed by atoms with E-state index < -0.39 is 0 Å². The molecule has 0 radical (unpaired) electrons. The summed E-state index contributed by atoms with van der Waals surface area (Å²) in [7, 11) is 0. The lowest BCUT2D eigenvalue weighted by Gasteiger charge is -2.19. The molecule has 0 spiro atoms. The third kappa shape index (κ3) is 3.49. The first-order valence-corrected chi connectivity index (χ1v) is 5.02. The molecule has 1 rings (SSSR count). The van der Waals surface area contributed by atoms with E-state index in [1.54, 1.807) is 0 Å². The van der Waals surface area contributed by atoms with E-state index in [9.17, 15) is 0 Å². The highest BCUT2D eigenvalue weighted by Crippen LogP contribution is 2.16. The van der Waals surface area contributed by atoms with Gasteiger partial charge in [0.05, 0.1) is 0 Å². The van der Waals surface area contributed by atoms with Crippen molar-refractivity contribution in [2.45, 2.75) is 27.7 Å². The Morgan fingerprint density at radius 1 is 1.46 bits per heavy atom. The highest BCUT2D eigenvalue weighted by molar-refractivity contribution is 5.37. The molecule has 0 unspecified atom stereocenters. The molecule has 1 aliphatic rings. The van der Waals surface area contributed by atoms with Gasteiger partial charge in [-0.1, -0.05) is 52.5 Å². The molecule has 0 aromatic rings. The fourth-order valence-electron chi connectivity index (χ4n) is 1.26. The molecular weight excluding hydrogens is 158 g/mol. The molecule has 0 aliphatic carbocycles. The molecule has 0 bridgehead atoms. The molecule has 1 N–H and O–H groups in total. The van der Waals surface area contributed by atoms with E-state index in [1.165, 1.54) is 11.3 Å². The molecule has 1 heterocycles. The Morgan fingerprint density at radius 3 is 2.46 bits per heavy atom. The first-order valence-electron chi connectivity index (χ1n) is 5.02. The minimum Gasteiger partial charge on any atom is -0.384 e. The number of allylic oxidation sites excluding steroid dienone is 4. The van der Waals surface area contributed by atoms with Crippen LogP contribution in [0.2, 0.25) is 0 Å². The molecule has 0 atom stereocenters. The van der Waals surface area contributed by atoms with Crippen LogP contribution in [0.25, 0.3) is 0 Å². The molecule has 74 valence electrons. The number of rotatable bonds is 2. The summed E-state index contributed by atoms with van der Waals surface area (Å²) >= 11 is 0. The van der Waals surface area contributed by atoms with E-state index in [-0.39, 0.29) is 0 Å². The van der Waals surface area contributed by atoms with Crippen molar-refractivity contribution in [2.75, 3.05) is 6.54 Å². The molecular formula is C12H21N. The fraction of sp³-hybridized carbons (Fsp3) is 0.500. The maximum atomic E-state index is 3.77. The van der Waals surface area contributed by atoms with E-state index in [0.29, 0.717) is 5.92 Å². The molecule has 0 aromatic carbocycles. The molecule has 0 saturated heterocycles. The Kier molecular flexibility index (Phi) is 6.03. The summed E-state index contributed by atoms with van der Waals surface area (Å²) in [6, 6.07) is 0. The van der Waals surface area contributed by atoms with Gasteiger partial charge in [-0.05, 0) is 11.5 Å². The molecule has 0 fully saturated rings. The van der Waals surface area contributed by atoms with Gasteiger partial charge in [0.15, 0.2) is 0 Å². The van der Waals surface area contributed by atoms with Crippen LogP contribution in [-0.4, -0.2) is 6.54 Å². The van der Waals surface area contributed by atoms with Crippen LogP contribution in [0.3, 0.4) is 0 Å². The van der Waals surface area contributed by atoms with Crippen molar-refractivity contribution in [2.24, 2.45) is 5.92 Å². The first kappa shape index (κ1) is 12.0. The highest BCUT2D eigenvalue weighted by Gasteiger charge is 2.07. The Morgan fingerprint density at radius 2 is 2.08 bits per heavy atom. The number of dihydropyridines is 1. The quantitative estimate of drug-likeness (QED) is 0.686. The zero-order valence-electron chi connectivity index (χ0n) is 9.22.